The van der Waals surface area contributed by atoms with Gasteiger partial charge in [-0.25, -0.2) is 4.98 Å². The molecular weight excluding hydrogens is 319 g/mol. The van der Waals surface area contributed by atoms with Crippen LogP contribution < -0.4 is 5.32 Å². The van der Waals surface area contributed by atoms with E-state index in [4.69, 9.17) is 0 Å². The number of carbonyl (C=O) groups excluding carboxylic acids is 1. The van der Waals surface area contributed by atoms with Gasteiger partial charge in [-0.2, -0.15) is 13.2 Å². The molecular formula is C17H22F3N3O. The first kappa shape index (κ1) is 17.0. The van der Waals surface area contributed by atoms with Crippen molar-refractivity contribution in [2.75, 3.05) is 18.4 Å². The second-order valence-corrected chi connectivity index (χ2v) is 6.97. The number of aromatic nitrogens is 1. The van der Waals surface area contributed by atoms with Gasteiger partial charge in [0.25, 0.3) is 0 Å². The summed E-state index contributed by atoms with van der Waals surface area (Å²) in [6.45, 7) is 1.27. The van der Waals surface area contributed by atoms with Gasteiger partial charge in [-0.1, -0.05) is 12.8 Å². The summed E-state index contributed by atoms with van der Waals surface area (Å²) in [4.78, 5) is 16.9. The maximum absolute atomic E-state index is 12.6. The van der Waals surface area contributed by atoms with E-state index in [0.717, 1.165) is 38.1 Å². The van der Waals surface area contributed by atoms with Crippen LogP contribution in [-0.2, 0) is 11.0 Å². The molecule has 24 heavy (non-hydrogen) atoms. The van der Waals surface area contributed by atoms with Crippen LogP contribution in [0, 0.1) is 5.41 Å². The summed E-state index contributed by atoms with van der Waals surface area (Å²) >= 11 is 0. The maximum Gasteiger partial charge on any atom is 0.417 e. The molecule has 1 amide bonds. The Labute approximate surface area is 139 Å². The molecule has 1 spiro atoms. The molecule has 1 saturated heterocycles. The van der Waals surface area contributed by atoms with Gasteiger partial charge in [-0.05, 0) is 43.2 Å². The molecule has 2 aliphatic rings. The molecule has 1 aromatic rings. The molecule has 132 valence electrons. The SMILES string of the molecule is O=CN1CCC2(CCCC2)CC1CNc1ccc(C(F)(F)F)cn1. The van der Waals surface area contributed by atoms with E-state index in [1.165, 1.54) is 31.7 Å². The molecule has 1 aliphatic carbocycles. The van der Waals surface area contributed by atoms with Crippen LogP contribution in [0.15, 0.2) is 18.3 Å². The number of amides is 1. The van der Waals surface area contributed by atoms with Crippen LogP contribution in [0.4, 0.5) is 19.0 Å². The summed E-state index contributed by atoms with van der Waals surface area (Å²) in [5, 5.41) is 3.08. The van der Waals surface area contributed by atoms with Crippen molar-refractivity contribution in [2.45, 2.75) is 50.7 Å². The molecule has 0 radical (unpaired) electrons. The Hall–Kier alpha value is -1.79. The summed E-state index contributed by atoms with van der Waals surface area (Å²) in [5.41, 5.74) is -0.412. The molecule has 1 saturated carbocycles. The number of nitrogens with zero attached hydrogens (tertiary/aromatic N) is 2. The fourth-order valence-corrected chi connectivity index (χ4v) is 4.06. The van der Waals surface area contributed by atoms with Crippen LogP contribution >= 0.6 is 0 Å². The second-order valence-electron chi connectivity index (χ2n) is 6.97. The van der Waals surface area contributed by atoms with Crippen molar-refractivity contribution in [1.82, 2.24) is 9.88 Å². The van der Waals surface area contributed by atoms with Gasteiger partial charge in [0.15, 0.2) is 0 Å². The number of pyridine rings is 1. The van der Waals surface area contributed by atoms with E-state index in [-0.39, 0.29) is 6.04 Å². The van der Waals surface area contributed by atoms with Crippen molar-refractivity contribution >= 4 is 12.2 Å². The molecule has 3 rings (SSSR count). The second kappa shape index (κ2) is 6.61. The lowest BCUT2D eigenvalue weighted by atomic mass is 9.74. The molecule has 1 atom stereocenters. The van der Waals surface area contributed by atoms with Crippen molar-refractivity contribution in [3.63, 3.8) is 0 Å². The third-order valence-corrected chi connectivity index (χ3v) is 5.45. The molecule has 0 bridgehead atoms. The Bertz CT molecular complexity index is 567. The van der Waals surface area contributed by atoms with Crippen LogP contribution in [0.2, 0.25) is 0 Å². The number of hydrogen-bond acceptors (Lipinski definition) is 3. The number of nitrogens with one attached hydrogen (secondary N) is 1. The Kier molecular flexibility index (Phi) is 4.69. The summed E-state index contributed by atoms with van der Waals surface area (Å²) < 4.78 is 37.7. The minimum Gasteiger partial charge on any atom is -0.368 e. The highest BCUT2D eigenvalue weighted by Gasteiger charge is 2.41. The molecule has 2 fully saturated rings. The number of hydrogen-bond donors (Lipinski definition) is 1. The van der Waals surface area contributed by atoms with Gasteiger partial charge in [-0.3, -0.25) is 4.79 Å². The highest BCUT2D eigenvalue weighted by atomic mass is 19.4. The van der Waals surface area contributed by atoms with Gasteiger partial charge in [0, 0.05) is 25.3 Å². The van der Waals surface area contributed by atoms with Crippen LogP contribution in [0.25, 0.3) is 0 Å². The van der Waals surface area contributed by atoms with Crippen LogP contribution in [-0.4, -0.2) is 35.4 Å². The standard InChI is InChI=1S/C17H22F3N3O/c18-17(19,20)13-3-4-15(21-10-13)22-11-14-9-16(5-1-2-6-16)7-8-23(14)12-24/h3-4,10,12,14H,1-2,5-9,11H2,(H,21,22). The predicted molar refractivity (Wildman–Crippen MR) is 84.4 cm³/mol. The third-order valence-electron chi connectivity index (χ3n) is 5.45. The van der Waals surface area contributed by atoms with E-state index in [9.17, 15) is 18.0 Å². The first-order chi connectivity index (χ1) is 11.4. The lowest BCUT2D eigenvalue weighted by Gasteiger charge is -2.43. The van der Waals surface area contributed by atoms with E-state index in [2.05, 4.69) is 10.3 Å². The number of anilines is 1. The smallest absolute Gasteiger partial charge is 0.368 e. The first-order valence-corrected chi connectivity index (χ1v) is 8.40. The summed E-state index contributed by atoms with van der Waals surface area (Å²) in [6, 6.07) is 2.42. The van der Waals surface area contributed by atoms with Crippen LogP contribution in [0.5, 0.6) is 0 Å². The fraction of sp³-hybridized carbons (Fsp3) is 0.647. The minimum atomic E-state index is -4.38. The Morgan fingerprint density at radius 1 is 1.29 bits per heavy atom. The average molecular weight is 341 g/mol. The number of rotatable bonds is 4. The van der Waals surface area contributed by atoms with Gasteiger partial charge in [0.2, 0.25) is 6.41 Å². The minimum absolute atomic E-state index is 0.0680. The highest BCUT2D eigenvalue weighted by Crippen LogP contribution is 2.47. The average Bonchev–Trinajstić information content (AvgIpc) is 3.01. The van der Waals surface area contributed by atoms with Gasteiger partial charge in [-0.15, -0.1) is 0 Å². The van der Waals surface area contributed by atoms with Crippen molar-refractivity contribution in [1.29, 1.82) is 0 Å². The molecule has 1 aromatic heterocycles. The van der Waals surface area contributed by atoms with Crippen molar-refractivity contribution < 1.29 is 18.0 Å². The topological polar surface area (TPSA) is 45.2 Å². The zero-order valence-electron chi connectivity index (χ0n) is 13.5. The zero-order valence-corrected chi connectivity index (χ0v) is 13.5. The number of alkyl halides is 3. The largest absolute Gasteiger partial charge is 0.417 e. The molecule has 1 unspecified atom stereocenters. The fourth-order valence-electron chi connectivity index (χ4n) is 4.06. The highest BCUT2D eigenvalue weighted by molar-refractivity contribution is 5.48. The normalized spacial score (nSPS) is 23.5. The lowest BCUT2D eigenvalue weighted by Crippen LogP contribution is -2.48. The van der Waals surface area contributed by atoms with Crippen molar-refractivity contribution in [3.8, 4) is 0 Å². The van der Waals surface area contributed by atoms with E-state index in [1.807, 2.05) is 0 Å². The lowest BCUT2D eigenvalue weighted by molar-refractivity contribution is -0.137. The monoisotopic (exact) mass is 341 g/mol. The van der Waals surface area contributed by atoms with Crippen molar-refractivity contribution in [2.24, 2.45) is 5.41 Å². The van der Waals surface area contributed by atoms with E-state index >= 15 is 0 Å². The molecule has 7 heteroatoms. The Morgan fingerprint density at radius 3 is 2.62 bits per heavy atom. The van der Waals surface area contributed by atoms with E-state index in [0.29, 0.717) is 17.8 Å². The van der Waals surface area contributed by atoms with Gasteiger partial charge in [0.1, 0.15) is 5.82 Å². The molecule has 1 aliphatic heterocycles. The number of likely N-dealkylation sites (tertiary alicyclic amines) is 1. The summed E-state index contributed by atoms with van der Waals surface area (Å²) in [5.74, 6) is 0.403. The zero-order chi connectivity index (χ0) is 17.2. The molecule has 4 nitrogen and oxygen atoms in total. The van der Waals surface area contributed by atoms with Gasteiger partial charge in [0.05, 0.1) is 5.56 Å². The molecule has 1 N–H and O–H groups in total. The number of piperidine rings is 1. The summed E-state index contributed by atoms with van der Waals surface area (Å²) in [7, 11) is 0. The van der Waals surface area contributed by atoms with Gasteiger partial charge >= 0.3 is 6.18 Å². The Balaban J connectivity index is 1.62. The van der Waals surface area contributed by atoms with Crippen LogP contribution in [0.1, 0.15) is 44.1 Å². The maximum atomic E-state index is 12.6. The van der Waals surface area contributed by atoms with E-state index < -0.39 is 11.7 Å². The Morgan fingerprint density at radius 2 is 2.04 bits per heavy atom. The number of carbonyl (C=O) groups is 1. The molecule has 2 heterocycles. The summed E-state index contributed by atoms with van der Waals surface area (Å²) in [6.07, 6.45) is 4.29. The molecule has 0 aromatic carbocycles. The van der Waals surface area contributed by atoms with Crippen molar-refractivity contribution in [3.05, 3.63) is 23.9 Å². The van der Waals surface area contributed by atoms with Gasteiger partial charge < -0.3 is 10.2 Å². The third kappa shape index (κ3) is 3.65. The van der Waals surface area contributed by atoms with E-state index in [1.54, 1.807) is 4.90 Å². The predicted octanol–water partition coefficient (Wildman–Crippen LogP) is 3.69. The first-order valence-electron chi connectivity index (χ1n) is 8.40. The van der Waals surface area contributed by atoms with Crippen LogP contribution in [0.3, 0.4) is 0 Å². The quantitative estimate of drug-likeness (QED) is 0.850. The number of halogens is 3.